The van der Waals surface area contributed by atoms with Crippen LogP contribution in [0.2, 0.25) is 0 Å². The van der Waals surface area contributed by atoms with Crippen molar-refractivity contribution in [2.45, 2.75) is 31.7 Å². The van der Waals surface area contributed by atoms with Crippen molar-refractivity contribution in [3.05, 3.63) is 0 Å². The summed E-state index contributed by atoms with van der Waals surface area (Å²) in [6, 6.07) is 0.760. The number of piperidine rings is 1. The Morgan fingerprint density at radius 3 is 2.55 bits per heavy atom. The third-order valence-electron chi connectivity index (χ3n) is 2.81. The topological polar surface area (TPSA) is 12.5 Å². The SMILES string of the molecule is C1CCN([C@@H]2CCOC2)CC1. The van der Waals surface area contributed by atoms with Gasteiger partial charge in [-0.3, -0.25) is 4.90 Å². The van der Waals surface area contributed by atoms with Crippen LogP contribution in [0.25, 0.3) is 0 Å². The van der Waals surface area contributed by atoms with Crippen LogP contribution in [0, 0.1) is 0 Å². The summed E-state index contributed by atoms with van der Waals surface area (Å²) in [5, 5.41) is 0. The number of hydrogen-bond donors (Lipinski definition) is 0. The van der Waals surface area contributed by atoms with Crippen LogP contribution < -0.4 is 0 Å². The molecule has 0 N–H and O–H groups in total. The molecule has 0 unspecified atom stereocenters. The Labute approximate surface area is 68.5 Å². The molecule has 11 heavy (non-hydrogen) atoms. The van der Waals surface area contributed by atoms with Gasteiger partial charge in [0.1, 0.15) is 0 Å². The minimum absolute atomic E-state index is 0.760. The second-order valence-electron chi connectivity index (χ2n) is 3.61. The van der Waals surface area contributed by atoms with Gasteiger partial charge >= 0.3 is 0 Å². The first kappa shape index (κ1) is 7.56. The Morgan fingerprint density at radius 1 is 1.09 bits per heavy atom. The van der Waals surface area contributed by atoms with Gasteiger partial charge in [-0.1, -0.05) is 6.42 Å². The summed E-state index contributed by atoms with van der Waals surface area (Å²) in [7, 11) is 0. The fraction of sp³-hybridized carbons (Fsp3) is 1.00. The quantitative estimate of drug-likeness (QED) is 0.565. The standard InChI is InChI=1S/C9H17NO/c1-2-5-10(6-3-1)9-4-7-11-8-9/h9H,1-8H2/t9-/m1/s1. The van der Waals surface area contributed by atoms with Crippen LogP contribution >= 0.6 is 0 Å². The highest BCUT2D eigenvalue weighted by molar-refractivity contribution is 4.77. The molecule has 2 heterocycles. The molecule has 64 valence electrons. The van der Waals surface area contributed by atoms with E-state index in [0.29, 0.717) is 0 Å². The van der Waals surface area contributed by atoms with Crippen molar-refractivity contribution in [3.63, 3.8) is 0 Å². The molecule has 2 nitrogen and oxygen atoms in total. The number of hydrogen-bond acceptors (Lipinski definition) is 2. The van der Waals surface area contributed by atoms with E-state index in [9.17, 15) is 0 Å². The van der Waals surface area contributed by atoms with E-state index < -0.39 is 0 Å². The van der Waals surface area contributed by atoms with Gasteiger partial charge < -0.3 is 4.74 Å². The first-order chi connectivity index (χ1) is 5.47. The predicted molar refractivity (Wildman–Crippen MR) is 44.6 cm³/mol. The van der Waals surface area contributed by atoms with Gasteiger partial charge in [-0.05, 0) is 32.4 Å². The second-order valence-corrected chi connectivity index (χ2v) is 3.61. The number of nitrogens with zero attached hydrogens (tertiary/aromatic N) is 1. The molecular formula is C9H17NO. The van der Waals surface area contributed by atoms with Gasteiger partial charge in [0.15, 0.2) is 0 Å². The van der Waals surface area contributed by atoms with Gasteiger partial charge in [-0.15, -0.1) is 0 Å². The van der Waals surface area contributed by atoms with Gasteiger partial charge in [0.05, 0.1) is 6.61 Å². The minimum Gasteiger partial charge on any atom is -0.380 e. The first-order valence-corrected chi connectivity index (χ1v) is 4.78. The summed E-state index contributed by atoms with van der Waals surface area (Å²) >= 11 is 0. The van der Waals surface area contributed by atoms with E-state index in [0.717, 1.165) is 19.3 Å². The van der Waals surface area contributed by atoms with Gasteiger partial charge in [0.25, 0.3) is 0 Å². The van der Waals surface area contributed by atoms with Crippen molar-refractivity contribution >= 4 is 0 Å². The minimum atomic E-state index is 0.760. The zero-order valence-corrected chi connectivity index (χ0v) is 7.09. The summed E-state index contributed by atoms with van der Waals surface area (Å²) < 4.78 is 5.37. The number of ether oxygens (including phenoxy) is 1. The van der Waals surface area contributed by atoms with Crippen LogP contribution in [0.1, 0.15) is 25.7 Å². The molecular weight excluding hydrogens is 138 g/mol. The molecule has 2 rings (SSSR count). The van der Waals surface area contributed by atoms with E-state index in [-0.39, 0.29) is 0 Å². The molecule has 0 saturated carbocycles. The van der Waals surface area contributed by atoms with E-state index in [1.54, 1.807) is 0 Å². The molecule has 0 radical (unpaired) electrons. The molecule has 0 amide bonds. The normalized spacial score (nSPS) is 34.4. The van der Waals surface area contributed by atoms with Crippen molar-refractivity contribution in [3.8, 4) is 0 Å². The second kappa shape index (κ2) is 3.55. The van der Waals surface area contributed by atoms with Crippen LogP contribution in [-0.2, 0) is 4.74 Å². The van der Waals surface area contributed by atoms with E-state index in [2.05, 4.69) is 4.90 Å². The third kappa shape index (κ3) is 1.74. The van der Waals surface area contributed by atoms with Crippen molar-refractivity contribution in [1.29, 1.82) is 0 Å². The van der Waals surface area contributed by atoms with E-state index in [1.807, 2.05) is 0 Å². The largest absolute Gasteiger partial charge is 0.380 e. The van der Waals surface area contributed by atoms with E-state index in [4.69, 9.17) is 4.74 Å². The maximum absolute atomic E-state index is 5.37. The lowest BCUT2D eigenvalue weighted by Gasteiger charge is -2.31. The monoisotopic (exact) mass is 155 g/mol. The molecule has 2 saturated heterocycles. The summed E-state index contributed by atoms with van der Waals surface area (Å²) in [6.45, 7) is 4.60. The molecule has 2 fully saturated rings. The molecule has 0 spiro atoms. The Morgan fingerprint density at radius 2 is 1.91 bits per heavy atom. The average Bonchev–Trinajstić information content (AvgIpc) is 2.58. The summed E-state index contributed by atoms with van der Waals surface area (Å²) in [6.07, 6.45) is 5.50. The van der Waals surface area contributed by atoms with E-state index in [1.165, 1.54) is 38.8 Å². The highest BCUT2D eigenvalue weighted by Gasteiger charge is 2.23. The lowest BCUT2D eigenvalue weighted by molar-refractivity contribution is 0.128. The highest BCUT2D eigenvalue weighted by Crippen LogP contribution is 2.17. The van der Waals surface area contributed by atoms with Crippen molar-refractivity contribution in [2.24, 2.45) is 0 Å². The van der Waals surface area contributed by atoms with Gasteiger partial charge in [0.2, 0.25) is 0 Å². The molecule has 0 aromatic rings. The molecule has 0 aliphatic carbocycles. The fourth-order valence-corrected chi connectivity index (χ4v) is 2.09. The van der Waals surface area contributed by atoms with Gasteiger partial charge in [-0.2, -0.15) is 0 Å². The molecule has 0 aromatic carbocycles. The summed E-state index contributed by atoms with van der Waals surface area (Å²) in [5.41, 5.74) is 0. The Balaban J connectivity index is 1.82. The smallest absolute Gasteiger partial charge is 0.0622 e. The molecule has 2 aliphatic rings. The molecule has 2 heteroatoms. The molecule has 0 bridgehead atoms. The van der Waals surface area contributed by atoms with Crippen molar-refractivity contribution in [2.75, 3.05) is 26.3 Å². The van der Waals surface area contributed by atoms with E-state index >= 15 is 0 Å². The van der Waals surface area contributed by atoms with Crippen LogP contribution in [0.5, 0.6) is 0 Å². The predicted octanol–water partition coefficient (Wildman–Crippen LogP) is 1.26. The first-order valence-electron chi connectivity index (χ1n) is 4.78. The van der Waals surface area contributed by atoms with Crippen molar-refractivity contribution in [1.82, 2.24) is 4.90 Å². The van der Waals surface area contributed by atoms with Crippen molar-refractivity contribution < 1.29 is 4.74 Å². The lowest BCUT2D eigenvalue weighted by atomic mass is 10.1. The third-order valence-corrected chi connectivity index (χ3v) is 2.81. The van der Waals surface area contributed by atoms with Crippen LogP contribution in [0.15, 0.2) is 0 Å². The Kier molecular flexibility index (Phi) is 2.44. The molecule has 2 aliphatic heterocycles. The number of likely N-dealkylation sites (tertiary alicyclic amines) is 1. The number of rotatable bonds is 1. The molecule has 0 aromatic heterocycles. The maximum Gasteiger partial charge on any atom is 0.0622 e. The average molecular weight is 155 g/mol. The van der Waals surface area contributed by atoms with Crippen LogP contribution in [-0.4, -0.2) is 37.2 Å². The zero-order chi connectivity index (χ0) is 7.52. The Bertz CT molecular complexity index is 115. The summed E-state index contributed by atoms with van der Waals surface area (Å²) in [5.74, 6) is 0. The van der Waals surface area contributed by atoms with Crippen LogP contribution in [0.4, 0.5) is 0 Å². The molecule has 1 atom stereocenters. The zero-order valence-electron chi connectivity index (χ0n) is 7.09. The highest BCUT2D eigenvalue weighted by atomic mass is 16.5. The maximum atomic E-state index is 5.37. The lowest BCUT2D eigenvalue weighted by Crippen LogP contribution is -2.39. The van der Waals surface area contributed by atoms with Gasteiger partial charge in [0, 0.05) is 12.6 Å². The fourth-order valence-electron chi connectivity index (χ4n) is 2.09. The van der Waals surface area contributed by atoms with Crippen LogP contribution in [0.3, 0.4) is 0 Å². The summed E-state index contributed by atoms with van der Waals surface area (Å²) in [4.78, 5) is 2.61. The van der Waals surface area contributed by atoms with Gasteiger partial charge in [-0.25, -0.2) is 0 Å². The Hall–Kier alpha value is -0.0800.